The highest BCUT2D eigenvalue weighted by Crippen LogP contribution is 2.29. The predicted octanol–water partition coefficient (Wildman–Crippen LogP) is 1.33. The number of hydrogen-bond acceptors (Lipinski definition) is 7. The molecule has 0 amide bonds. The van der Waals surface area contributed by atoms with Gasteiger partial charge in [0.1, 0.15) is 5.54 Å². The number of carbonyl (C=O) groups is 1. The lowest BCUT2D eigenvalue weighted by Crippen LogP contribution is -2.48. The zero-order chi connectivity index (χ0) is 18.1. The van der Waals surface area contributed by atoms with Gasteiger partial charge in [-0.15, -0.1) is 0 Å². The summed E-state index contributed by atoms with van der Waals surface area (Å²) >= 11 is 0. The summed E-state index contributed by atoms with van der Waals surface area (Å²) in [5.41, 5.74) is 5.12. The lowest BCUT2D eigenvalue weighted by atomic mass is 9.94. The highest BCUT2D eigenvalue weighted by molar-refractivity contribution is 5.80. The van der Waals surface area contributed by atoms with Crippen molar-refractivity contribution in [1.82, 2.24) is 4.57 Å². The quantitative estimate of drug-likeness (QED) is 0.410. The Morgan fingerprint density at radius 1 is 1.17 bits per heavy atom. The number of nitrogens with two attached hydrogens (primary N) is 1. The average molecular weight is 336 g/mol. The van der Waals surface area contributed by atoms with Gasteiger partial charge < -0.3 is 30.9 Å². The van der Waals surface area contributed by atoms with Crippen LogP contribution in [0.25, 0.3) is 0 Å². The standard InChI is InChI=1S/C16H20N2O6/c1-9(18-13(21)5-6-14(18)22)24-15(23)16(2,17)8-10-3-4-11(19)12(20)7-10/h3-7,9,19-22H,8,17H2,1-2H3/t9-,16-/m0/s1. The van der Waals surface area contributed by atoms with E-state index < -0.39 is 17.7 Å². The highest BCUT2D eigenvalue weighted by atomic mass is 16.6. The highest BCUT2D eigenvalue weighted by Gasteiger charge is 2.33. The summed E-state index contributed by atoms with van der Waals surface area (Å²) in [6, 6.07) is 6.66. The fourth-order valence-electron chi connectivity index (χ4n) is 2.32. The summed E-state index contributed by atoms with van der Waals surface area (Å²) in [5.74, 6) is -1.85. The Balaban J connectivity index is 2.11. The molecule has 0 spiro atoms. The molecular weight excluding hydrogens is 316 g/mol. The maximum atomic E-state index is 12.3. The maximum absolute atomic E-state index is 12.3. The third-order valence-corrected chi connectivity index (χ3v) is 3.59. The Morgan fingerprint density at radius 3 is 2.29 bits per heavy atom. The largest absolute Gasteiger partial charge is 0.504 e. The van der Waals surface area contributed by atoms with Gasteiger partial charge in [0.2, 0.25) is 0 Å². The Hall–Kier alpha value is -2.87. The van der Waals surface area contributed by atoms with Crippen LogP contribution in [-0.4, -0.2) is 36.5 Å². The van der Waals surface area contributed by atoms with E-state index in [0.717, 1.165) is 4.57 Å². The molecule has 0 saturated carbocycles. The van der Waals surface area contributed by atoms with E-state index in [1.165, 1.54) is 44.2 Å². The molecule has 6 N–H and O–H groups in total. The molecule has 2 rings (SSSR count). The molecule has 0 fully saturated rings. The molecule has 0 saturated heterocycles. The molecule has 130 valence electrons. The van der Waals surface area contributed by atoms with Crippen LogP contribution in [0.5, 0.6) is 23.3 Å². The first kappa shape index (κ1) is 17.5. The molecule has 8 nitrogen and oxygen atoms in total. The summed E-state index contributed by atoms with van der Waals surface area (Å²) < 4.78 is 6.24. The van der Waals surface area contributed by atoms with Crippen LogP contribution in [0, 0.1) is 0 Å². The van der Waals surface area contributed by atoms with Crippen LogP contribution in [0.3, 0.4) is 0 Å². The molecular formula is C16H20N2O6. The molecule has 1 heterocycles. The Morgan fingerprint density at radius 2 is 1.75 bits per heavy atom. The second-order valence-corrected chi connectivity index (χ2v) is 5.84. The van der Waals surface area contributed by atoms with Gasteiger partial charge in [-0.1, -0.05) is 6.07 Å². The number of aromatic hydroxyl groups is 4. The van der Waals surface area contributed by atoms with Gasteiger partial charge in [-0.25, -0.2) is 9.36 Å². The summed E-state index contributed by atoms with van der Waals surface area (Å²) in [7, 11) is 0. The van der Waals surface area contributed by atoms with Crippen molar-refractivity contribution in [2.75, 3.05) is 0 Å². The van der Waals surface area contributed by atoms with E-state index in [4.69, 9.17) is 10.5 Å². The van der Waals surface area contributed by atoms with Crippen LogP contribution in [-0.2, 0) is 16.0 Å². The summed E-state index contributed by atoms with van der Waals surface area (Å²) in [6.45, 7) is 2.93. The van der Waals surface area contributed by atoms with Crippen LogP contribution < -0.4 is 5.73 Å². The third kappa shape index (κ3) is 3.54. The van der Waals surface area contributed by atoms with E-state index in [0.29, 0.717) is 5.56 Å². The SMILES string of the molecule is C[C@H](OC(=O)[C@@](C)(N)Cc1ccc(O)c(O)c1)n1c(O)ccc1O. The molecule has 0 aliphatic rings. The van der Waals surface area contributed by atoms with Crippen LogP contribution in [0.15, 0.2) is 30.3 Å². The van der Waals surface area contributed by atoms with Gasteiger partial charge in [0.15, 0.2) is 29.5 Å². The number of aromatic nitrogens is 1. The van der Waals surface area contributed by atoms with Crippen molar-refractivity contribution >= 4 is 5.97 Å². The van der Waals surface area contributed by atoms with Crippen molar-refractivity contribution in [1.29, 1.82) is 0 Å². The number of hydrogen-bond donors (Lipinski definition) is 5. The number of nitrogens with zero attached hydrogens (tertiary/aromatic N) is 1. The van der Waals surface area contributed by atoms with Crippen LogP contribution in [0.2, 0.25) is 0 Å². The minimum Gasteiger partial charge on any atom is -0.504 e. The van der Waals surface area contributed by atoms with Crippen molar-refractivity contribution in [3.8, 4) is 23.3 Å². The molecule has 1 aromatic carbocycles. The van der Waals surface area contributed by atoms with Crippen LogP contribution >= 0.6 is 0 Å². The second kappa shape index (κ2) is 6.32. The number of phenolic OH excluding ortho intramolecular Hbond substituents is 2. The van der Waals surface area contributed by atoms with E-state index >= 15 is 0 Å². The van der Waals surface area contributed by atoms with E-state index in [1.54, 1.807) is 0 Å². The molecule has 0 aliphatic carbocycles. The molecule has 0 unspecified atom stereocenters. The van der Waals surface area contributed by atoms with Crippen molar-refractivity contribution < 1.29 is 30.0 Å². The lowest BCUT2D eigenvalue weighted by Gasteiger charge is -2.26. The number of rotatable bonds is 5. The fraction of sp³-hybridized carbons (Fsp3) is 0.312. The molecule has 0 aliphatic heterocycles. The molecule has 1 aromatic heterocycles. The molecule has 2 aromatic rings. The van der Waals surface area contributed by atoms with Crippen molar-refractivity contribution in [3.05, 3.63) is 35.9 Å². The zero-order valence-corrected chi connectivity index (χ0v) is 13.3. The van der Waals surface area contributed by atoms with Crippen LogP contribution in [0.4, 0.5) is 0 Å². The average Bonchev–Trinajstić information content (AvgIpc) is 2.81. The van der Waals surface area contributed by atoms with Gasteiger partial charge in [-0.05, 0) is 31.5 Å². The number of benzene rings is 1. The van der Waals surface area contributed by atoms with E-state index in [1.807, 2.05) is 0 Å². The number of esters is 1. The Labute approximate surface area is 138 Å². The molecule has 0 bridgehead atoms. The lowest BCUT2D eigenvalue weighted by molar-refractivity contribution is -0.159. The minimum absolute atomic E-state index is 0.0516. The van der Waals surface area contributed by atoms with Gasteiger partial charge in [0, 0.05) is 18.6 Å². The van der Waals surface area contributed by atoms with Crippen LogP contribution in [0.1, 0.15) is 25.6 Å². The summed E-state index contributed by atoms with van der Waals surface area (Å²) in [5, 5.41) is 38.1. The van der Waals surface area contributed by atoms with Gasteiger partial charge in [-0.3, -0.25) is 0 Å². The van der Waals surface area contributed by atoms with Gasteiger partial charge in [0.05, 0.1) is 0 Å². The second-order valence-electron chi connectivity index (χ2n) is 5.84. The third-order valence-electron chi connectivity index (χ3n) is 3.59. The smallest absolute Gasteiger partial charge is 0.328 e. The predicted molar refractivity (Wildman–Crippen MR) is 84.6 cm³/mol. The molecule has 2 atom stereocenters. The fourth-order valence-corrected chi connectivity index (χ4v) is 2.32. The van der Waals surface area contributed by atoms with E-state index in [2.05, 4.69) is 0 Å². The first-order valence-electron chi connectivity index (χ1n) is 7.22. The summed E-state index contributed by atoms with van der Waals surface area (Å²) in [6.07, 6.45) is -0.917. The molecule has 0 radical (unpaired) electrons. The molecule has 24 heavy (non-hydrogen) atoms. The van der Waals surface area contributed by atoms with Gasteiger partial charge in [0.25, 0.3) is 0 Å². The maximum Gasteiger partial charge on any atom is 0.328 e. The zero-order valence-electron chi connectivity index (χ0n) is 13.3. The van der Waals surface area contributed by atoms with Crippen molar-refractivity contribution in [3.63, 3.8) is 0 Å². The minimum atomic E-state index is -1.42. The number of carbonyl (C=O) groups excluding carboxylic acids is 1. The van der Waals surface area contributed by atoms with Gasteiger partial charge >= 0.3 is 5.97 Å². The molecule has 8 heteroatoms. The monoisotopic (exact) mass is 336 g/mol. The van der Waals surface area contributed by atoms with Crippen molar-refractivity contribution in [2.24, 2.45) is 5.73 Å². The summed E-state index contributed by atoms with van der Waals surface area (Å²) in [4.78, 5) is 12.3. The Bertz CT molecular complexity index is 734. The first-order chi connectivity index (χ1) is 11.1. The Kier molecular flexibility index (Phi) is 4.61. The van der Waals surface area contributed by atoms with Gasteiger partial charge in [-0.2, -0.15) is 0 Å². The van der Waals surface area contributed by atoms with E-state index in [-0.39, 0.29) is 29.7 Å². The number of ether oxygens (including phenoxy) is 1. The first-order valence-corrected chi connectivity index (χ1v) is 7.22. The van der Waals surface area contributed by atoms with E-state index in [9.17, 15) is 25.2 Å². The number of phenols is 2. The topological polar surface area (TPSA) is 138 Å². The van der Waals surface area contributed by atoms with Crippen molar-refractivity contribution in [2.45, 2.75) is 32.0 Å². The normalized spacial score (nSPS) is 14.8.